The van der Waals surface area contributed by atoms with E-state index >= 15 is 0 Å². The summed E-state index contributed by atoms with van der Waals surface area (Å²) in [6.45, 7) is 1.56. The number of primary amides is 1. The molecule has 3 N–H and O–H groups in total. The molecule has 0 spiro atoms. The Kier molecular flexibility index (Phi) is 7.36. The molecule has 1 saturated heterocycles. The lowest BCUT2D eigenvalue weighted by Crippen LogP contribution is -2.45. The van der Waals surface area contributed by atoms with Gasteiger partial charge in [-0.15, -0.1) is 0 Å². The third-order valence-electron chi connectivity index (χ3n) is 6.34. The molecular weight excluding hydrogens is 406 g/mol. The highest BCUT2D eigenvalue weighted by Gasteiger charge is 2.32. The molecule has 1 aromatic carbocycles. The molecule has 1 aliphatic heterocycles. The molecule has 1 aromatic rings. The van der Waals surface area contributed by atoms with Crippen molar-refractivity contribution in [2.24, 2.45) is 23.5 Å². The van der Waals surface area contributed by atoms with E-state index in [0.29, 0.717) is 38.2 Å². The second kappa shape index (κ2) is 9.78. The van der Waals surface area contributed by atoms with Crippen LogP contribution >= 0.6 is 0 Å². The molecule has 0 aromatic heterocycles. The predicted molar refractivity (Wildman–Crippen MR) is 112 cm³/mol. The van der Waals surface area contributed by atoms with Gasteiger partial charge >= 0.3 is 0 Å². The lowest BCUT2D eigenvalue weighted by molar-refractivity contribution is -0.139. The Balaban J connectivity index is 1.44. The Hall–Kier alpha value is -2.13. The van der Waals surface area contributed by atoms with Crippen molar-refractivity contribution in [3.8, 4) is 5.75 Å². The van der Waals surface area contributed by atoms with Gasteiger partial charge in [0.05, 0.1) is 12.0 Å². The summed E-state index contributed by atoms with van der Waals surface area (Å²) in [6.07, 6.45) is 4.46. The topological polar surface area (TPSA) is 119 Å². The van der Waals surface area contributed by atoms with E-state index in [-0.39, 0.29) is 34.5 Å². The van der Waals surface area contributed by atoms with Crippen molar-refractivity contribution in [3.05, 3.63) is 24.3 Å². The van der Waals surface area contributed by atoms with Gasteiger partial charge in [0.1, 0.15) is 5.75 Å². The van der Waals surface area contributed by atoms with Gasteiger partial charge in [-0.05, 0) is 68.7 Å². The van der Waals surface area contributed by atoms with Crippen LogP contribution < -0.4 is 15.2 Å². The monoisotopic (exact) mass is 437 g/mol. The average molecular weight is 438 g/mol. The van der Waals surface area contributed by atoms with Gasteiger partial charge in [-0.25, -0.2) is 13.1 Å². The zero-order valence-electron chi connectivity index (χ0n) is 17.4. The number of hydrogen-bond donors (Lipinski definition) is 2. The number of nitrogens with one attached hydrogen (secondary N) is 1. The third kappa shape index (κ3) is 5.51. The number of piperidine rings is 1. The van der Waals surface area contributed by atoms with E-state index in [2.05, 4.69) is 4.72 Å². The summed E-state index contributed by atoms with van der Waals surface area (Å²) in [5.74, 6) is 0.585. The number of nitrogens with two attached hydrogens (primary N) is 1. The lowest BCUT2D eigenvalue weighted by Gasteiger charge is -2.35. The Labute approximate surface area is 178 Å². The molecule has 1 saturated carbocycles. The van der Waals surface area contributed by atoms with Crippen molar-refractivity contribution in [2.45, 2.75) is 43.4 Å². The first-order chi connectivity index (χ1) is 14.3. The van der Waals surface area contributed by atoms with Crippen LogP contribution in [-0.4, -0.2) is 51.9 Å². The van der Waals surface area contributed by atoms with Gasteiger partial charge in [-0.1, -0.05) is 0 Å². The van der Waals surface area contributed by atoms with Crippen LogP contribution in [0.25, 0.3) is 0 Å². The Morgan fingerprint density at radius 1 is 1.03 bits per heavy atom. The van der Waals surface area contributed by atoms with Crippen molar-refractivity contribution in [3.63, 3.8) is 0 Å². The largest absolute Gasteiger partial charge is 0.497 e. The van der Waals surface area contributed by atoms with Gasteiger partial charge < -0.3 is 15.4 Å². The van der Waals surface area contributed by atoms with E-state index < -0.39 is 10.0 Å². The SMILES string of the molecule is COc1ccc(S(=O)(=O)NCC2CCC(C(=O)N3CCC(C(N)=O)CC3)CC2)cc1. The number of rotatable bonds is 7. The molecule has 2 amide bonds. The summed E-state index contributed by atoms with van der Waals surface area (Å²) in [6, 6.07) is 6.30. The van der Waals surface area contributed by atoms with E-state index in [1.807, 2.05) is 4.90 Å². The van der Waals surface area contributed by atoms with E-state index in [9.17, 15) is 18.0 Å². The smallest absolute Gasteiger partial charge is 0.240 e. The van der Waals surface area contributed by atoms with Crippen LogP contribution in [0.4, 0.5) is 0 Å². The molecule has 8 nitrogen and oxygen atoms in total. The molecule has 0 radical (unpaired) electrons. The predicted octanol–water partition coefficient (Wildman–Crippen LogP) is 1.50. The minimum absolute atomic E-state index is 0.00965. The van der Waals surface area contributed by atoms with Gasteiger partial charge in [0.15, 0.2) is 0 Å². The second-order valence-electron chi connectivity index (χ2n) is 8.25. The molecule has 2 aliphatic rings. The fourth-order valence-corrected chi connectivity index (χ4v) is 5.44. The van der Waals surface area contributed by atoms with Crippen LogP contribution in [-0.2, 0) is 19.6 Å². The number of carbonyl (C=O) groups excluding carboxylic acids is 2. The van der Waals surface area contributed by atoms with Gasteiger partial charge in [0.2, 0.25) is 21.8 Å². The standard InChI is InChI=1S/C21H31N3O5S/c1-29-18-6-8-19(9-7-18)30(27,28)23-14-15-2-4-17(5-3-15)21(26)24-12-10-16(11-13-24)20(22)25/h6-9,15-17,23H,2-5,10-14H2,1H3,(H2,22,25). The molecule has 166 valence electrons. The van der Waals surface area contributed by atoms with Crippen molar-refractivity contribution in [2.75, 3.05) is 26.7 Å². The van der Waals surface area contributed by atoms with Crippen LogP contribution in [0.1, 0.15) is 38.5 Å². The lowest BCUT2D eigenvalue weighted by atomic mass is 9.81. The highest BCUT2D eigenvalue weighted by Crippen LogP contribution is 2.31. The normalized spacial score (nSPS) is 23.2. The van der Waals surface area contributed by atoms with Crippen molar-refractivity contribution in [1.29, 1.82) is 0 Å². The van der Waals surface area contributed by atoms with Gasteiger partial charge in [0.25, 0.3) is 0 Å². The summed E-state index contributed by atoms with van der Waals surface area (Å²) >= 11 is 0. The fraction of sp³-hybridized carbons (Fsp3) is 0.619. The number of likely N-dealkylation sites (tertiary alicyclic amines) is 1. The second-order valence-corrected chi connectivity index (χ2v) is 10.0. The third-order valence-corrected chi connectivity index (χ3v) is 7.78. The van der Waals surface area contributed by atoms with Crippen LogP contribution in [0.3, 0.4) is 0 Å². The van der Waals surface area contributed by atoms with Crippen molar-refractivity contribution >= 4 is 21.8 Å². The molecule has 1 aliphatic carbocycles. The number of methoxy groups -OCH3 is 1. The molecule has 3 rings (SSSR count). The number of hydrogen-bond acceptors (Lipinski definition) is 5. The molecule has 9 heteroatoms. The number of benzene rings is 1. The minimum atomic E-state index is -3.56. The maximum Gasteiger partial charge on any atom is 0.240 e. The van der Waals surface area contributed by atoms with E-state index in [0.717, 1.165) is 25.7 Å². The molecule has 0 unspecified atom stereocenters. The quantitative estimate of drug-likeness (QED) is 0.670. The molecule has 2 fully saturated rings. The van der Waals surface area contributed by atoms with Gasteiger partial charge in [-0.3, -0.25) is 9.59 Å². The van der Waals surface area contributed by atoms with Crippen molar-refractivity contribution in [1.82, 2.24) is 9.62 Å². The van der Waals surface area contributed by atoms with E-state index in [1.54, 1.807) is 12.1 Å². The van der Waals surface area contributed by atoms with E-state index in [4.69, 9.17) is 10.5 Å². The van der Waals surface area contributed by atoms with Crippen LogP contribution in [0.15, 0.2) is 29.2 Å². The van der Waals surface area contributed by atoms with Gasteiger partial charge in [0, 0.05) is 31.5 Å². The number of carbonyl (C=O) groups is 2. The first-order valence-electron chi connectivity index (χ1n) is 10.5. The summed E-state index contributed by atoms with van der Waals surface area (Å²) in [4.78, 5) is 26.1. The Bertz CT molecular complexity index is 840. The maximum absolute atomic E-state index is 12.8. The fourth-order valence-electron chi connectivity index (χ4n) is 4.32. The molecule has 0 bridgehead atoms. The average Bonchev–Trinajstić information content (AvgIpc) is 2.77. The molecular formula is C21H31N3O5S. The number of nitrogens with zero attached hydrogens (tertiary/aromatic N) is 1. The summed E-state index contributed by atoms with van der Waals surface area (Å²) < 4.78 is 32.7. The van der Waals surface area contributed by atoms with Crippen molar-refractivity contribution < 1.29 is 22.7 Å². The summed E-state index contributed by atoms with van der Waals surface area (Å²) in [5, 5.41) is 0. The highest BCUT2D eigenvalue weighted by atomic mass is 32.2. The summed E-state index contributed by atoms with van der Waals surface area (Å²) in [5.41, 5.74) is 5.36. The summed E-state index contributed by atoms with van der Waals surface area (Å²) in [7, 11) is -2.03. The highest BCUT2D eigenvalue weighted by molar-refractivity contribution is 7.89. The zero-order chi connectivity index (χ0) is 21.7. The van der Waals surface area contributed by atoms with Crippen LogP contribution in [0.5, 0.6) is 5.75 Å². The zero-order valence-corrected chi connectivity index (χ0v) is 18.2. The Morgan fingerprint density at radius 3 is 2.17 bits per heavy atom. The molecule has 30 heavy (non-hydrogen) atoms. The van der Waals surface area contributed by atoms with Crippen LogP contribution in [0, 0.1) is 17.8 Å². The maximum atomic E-state index is 12.8. The number of ether oxygens (including phenoxy) is 1. The Morgan fingerprint density at radius 2 is 1.63 bits per heavy atom. The molecule has 1 heterocycles. The molecule has 0 atom stereocenters. The van der Waals surface area contributed by atoms with Crippen LogP contribution in [0.2, 0.25) is 0 Å². The first-order valence-corrected chi connectivity index (χ1v) is 12.0. The number of sulfonamides is 1. The van der Waals surface area contributed by atoms with Gasteiger partial charge in [-0.2, -0.15) is 0 Å². The number of amides is 2. The first kappa shape index (κ1) is 22.6. The van der Waals surface area contributed by atoms with E-state index in [1.165, 1.54) is 19.2 Å². The minimum Gasteiger partial charge on any atom is -0.497 e.